The van der Waals surface area contributed by atoms with Gasteiger partial charge in [0.25, 0.3) is 0 Å². The largest absolute Gasteiger partial charge is 0.495 e. The first kappa shape index (κ1) is 21.3. The normalized spacial score (nSPS) is 10.3. The molecule has 2 rings (SSSR count). The molecule has 2 aromatic rings. The van der Waals surface area contributed by atoms with Crippen LogP contribution in [0, 0.1) is 6.92 Å². The summed E-state index contributed by atoms with van der Waals surface area (Å²) in [7, 11) is 1.56. The number of carbonyl (C=O) groups excluding carboxylic acids is 2. The fraction of sp³-hybridized carbons (Fsp3) is 0.364. The lowest BCUT2D eigenvalue weighted by Gasteiger charge is -2.24. The maximum atomic E-state index is 12.6. The van der Waals surface area contributed by atoms with Crippen molar-refractivity contribution in [1.29, 1.82) is 0 Å². The minimum absolute atomic E-state index is 0.0724. The third kappa shape index (κ3) is 5.25. The molecule has 0 unspecified atom stereocenters. The Labute approximate surface area is 167 Å². The third-order valence-corrected chi connectivity index (χ3v) is 4.60. The number of anilines is 3. The van der Waals surface area contributed by atoms with E-state index in [4.69, 9.17) is 4.74 Å². The molecule has 1 N–H and O–H groups in total. The second kappa shape index (κ2) is 9.78. The summed E-state index contributed by atoms with van der Waals surface area (Å²) in [5, 5.41) is 2.84. The molecule has 0 saturated heterocycles. The summed E-state index contributed by atoms with van der Waals surface area (Å²) >= 11 is 0. The van der Waals surface area contributed by atoms with Crippen LogP contribution in [0.4, 0.5) is 17.1 Å². The molecule has 6 nitrogen and oxygen atoms in total. The van der Waals surface area contributed by atoms with Gasteiger partial charge in [-0.25, -0.2) is 0 Å². The number of nitrogens with one attached hydrogen (secondary N) is 1. The molecule has 2 aromatic carbocycles. The Balaban J connectivity index is 2.16. The average molecular weight is 383 g/mol. The van der Waals surface area contributed by atoms with E-state index >= 15 is 0 Å². The van der Waals surface area contributed by atoms with Gasteiger partial charge in [-0.1, -0.05) is 6.07 Å². The Kier molecular flexibility index (Phi) is 7.44. The van der Waals surface area contributed by atoms with Gasteiger partial charge in [0, 0.05) is 31.4 Å². The molecule has 2 amide bonds. The first-order valence-electron chi connectivity index (χ1n) is 9.47. The minimum Gasteiger partial charge on any atom is -0.495 e. The summed E-state index contributed by atoms with van der Waals surface area (Å²) in [6.07, 6.45) is 0. The first-order chi connectivity index (χ1) is 13.4. The molecule has 0 aliphatic rings. The number of amides is 2. The fourth-order valence-electron chi connectivity index (χ4n) is 3.07. The second-order valence-electron chi connectivity index (χ2n) is 6.55. The van der Waals surface area contributed by atoms with E-state index < -0.39 is 0 Å². The average Bonchev–Trinajstić information content (AvgIpc) is 2.68. The number of hydrogen-bond donors (Lipinski definition) is 1. The number of rotatable bonds is 8. The van der Waals surface area contributed by atoms with Crippen molar-refractivity contribution in [3.63, 3.8) is 0 Å². The van der Waals surface area contributed by atoms with E-state index in [1.165, 1.54) is 11.8 Å². The highest BCUT2D eigenvalue weighted by atomic mass is 16.5. The quantitative estimate of drug-likeness (QED) is 0.752. The zero-order valence-corrected chi connectivity index (χ0v) is 17.3. The van der Waals surface area contributed by atoms with Crippen molar-refractivity contribution in [2.24, 2.45) is 0 Å². The van der Waals surface area contributed by atoms with Crippen LogP contribution < -0.4 is 19.9 Å². The molecule has 0 radical (unpaired) electrons. The van der Waals surface area contributed by atoms with Gasteiger partial charge < -0.3 is 19.9 Å². The summed E-state index contributed by atoms with van der Waals surface area (Å²) in [6.45, 7) is 9.34. The van der Waals surface area contributed by atoms with Crippen LogP contribution in [-0.4, -0.2) is 38.6 Å². The number of carbonyl (C=O) groups is 2. The summed E-state index contributed by atoms with van der Waals surface area (Å²) in [4.78, 5) is 28.4. The second-order valence-corrected chi connectivity index (χ2v) is 6.55. The van der Waals surface area contributed by atoms with Gasteiger partial charge in [-0.05, 0) is 62.7 Å². The van der Waals surface area contributed by atoms with Gasteiger partial charge in [-0.3, -0.25) is 9.59 Å². The Morgan fingerprint density at radius 3 is 2.14 bits per heavy atom. The van der Waals surface area contributed by atoms with Crippen LogP contribution in [0.25, 0.3) is 0 Å². The van der Waals surface area contributed by atoms with Gasteiger partial charge in [0.05, 0.1) is 12.8 Å². The number of hydrogen-bond acceptors (Lipinski definition) is 4. The van der Waals surface area contributed by atoms with Crippen molar-refractivity contribution in [2.75, 3.05) is 41.9 Å². The monoisotopic (exact) mass is 383 g/mol. The lowest BCUT2D eigenvalue weighted by Crippen LogP contribution is -2.36. The Bertz CT molecular complexity index is 814. The predicted molar refractivity (Wildman–Crippen MR) is 114 cm³/mol. The van der Waals surface area contributed by atoms with Crippen LogP contribution in [0.3, 0.4) is 0 Å². The highest BCUT2D eigenvalue weighted by Crippen LogP contribution is 2.26. The molecule has 0 fully saturated rings. The maximum Gasteiger partial charge on any atom is 0.244 e. The topological polar surface area (TPSA) is 61.9 Å². The highest BCUT2D eigenvalue weighted by Gasteiger charge is 2.17. The molecular formula is C22H29N3O3. The molecule has 6 heteroatoms. The van der Waals surface area contributed by atoms with Crippen molar-refractivity contribution in [1.82, 2.24) is 0 Å². The molecule has 150 valence electrons. The summed E-state index contributed by atoms with van der Waals surface area (Å²) in [5.74, 6) is 0.103. The Hall–Kier alpha value is -3.02. The van der Waals surface area contributed by atoms with E-state index in [1.54, 1.807) is 13.2 Å². The fourth-order valence-corrected chi connectivity index (χ4v) is 3.07. The summed E-state index contributed by atoms with van der Waals surface area (Å²) in [6, 6.07) is 13.2. The molecule has 28 heavy (non-hydrogen) atoms. The van der Waals surface area contributed by atoms with Crippen LogP contribution in [0.15, 0.2) is 42.5 Å². The Morgan fingerprint density at radius 1 is 1.00 bits per heavy atom. The summed E-state index contributed by atoms with van der Waals surface area (Å²) in [5.41, 5.74) is 3.38. The van der Waals surface area contributed by atoms with Crippen molar-refractivity contribution in [3.8, 4) is 5.75 Å². The molecule has 0 atom stereocenters. The first-order valence-corrected chi connectivity index (χ1v) is 9.47. The number of aryl methyl sites for hydroxylation is 1. The maximum absolute atomic E-state index is 12.6. The van der Waals surface area contributed by atoms with E-state index in [-0.39, 0.29) is 18.4 Å². The molecule has 0 saturated carbocycles. The highest BCUT2D eigenvalue weighted by molar-refractivity contribution is 6.02. The minimum atomic E-state index is -0.285. The zero-order chi connectivity index (χ0) is 20.7. The molecule has 0 bridgehead atoms. The van der Waals surface area contributed by atoms with Gasteiger partial charge in [-0.2, -0.15) is 0 Å². The number of methoxy groups -OCH3 is 1. The van der Waals surface area contributed by atoms with Crippen LogP contribution in [0.2, 0.25) is 0 Å². The van der Waals surface area contributed by atoms with Gasteiger partial charge in [0.1, 0.15) is 12.3 Å². The van der Waals surface area contributed by atoms with Gasteiger partial charge in [0.15, 0.2) is 0 Å². The smallest absolute Gasteiger partial charge is 0.244 e. The molecule has 0 aliphatic carbocycles. The van der Waals surface area contributed by atoms with E-state index in [2.05, 4.69) is 24.1 Å². The zero-order valence-electron chi connectivity index (χ0n) is 17.3. The third-order valence-electron chi connectivity index (χ3n) is 4.60. The van der Waals surface area contributed by atoms with Gasteiger partial charge in [-0.15, -0.1) is 0 Å². The van der Waals surface area contributed by atoms with Crippen LogP contribution in [-0.2, 0) is 9.59 Å². The van der Waals surface area contributed by atoms with Gasteiger partial charge >= 0.3 is 0 Å². The SMILES string of the molecule is CCN(CC)c1ccc(N(CC(=O)Nc2cc(C)ccc2OC)C(C)=O)cc1. The van der Waals surface area contributed by atoms with Crippen molar-refractivity contribution in [2.45, 2.75) is 27.7 Å². The van der Waals surface area contributed by atoms with E-state index in [9.17, 15) is 9.59 Å². The van der Waals surface area contributed by atoms with Crippen LogP contribution in [0.1, 0.15) is 26.3 Å². The van der Waals surface area contributed by atoms with E-state index in [0.717, 1.165) is 24.3 Å². The van der Waals surface area contributed by atoms with E-state index in [0.29, 0.717) is 17.1 Å². The lowest BCUT2D eigenvalue weighted by atomic mass is 10.2. The Morgan fingerprint density at radius 2 is 1.61 bits per heavy atom. The molecule has 0 aliphatic heterocycles. The molecule has 0 spiro atoms. The van der Waals surface area contributed by atoms with Gasteiger partial charge in [0.2, 0.25) is 11.8 Å². The van der Waals surface area contributed by atoms with Crippen LogP contribution in [0.5, 0.6) is 5.75 Å². The lowest BCUT2D eigenvalue weighted by molar-refractivity contribution is -0.120. The van der Waals surface area contributed by atoms with E-state index in [1.807, 2.05) is 43.3 Å². The standard InChI is InChI=1S/C22H29N3O3/c1-6-24(7-2)18-9-11-19(12-10-18)25(17(4)26)15-22(27)23-20-14-16(3)8-13-21(20)28-5/h8-14H,6-7,15H2,1-5H3,(H,23,27). The number of nitrogens with zero attached hydrogens (tertiary/aromatic N) is 2. The molecule has 0 aromatic heterocycles. The van der Waals surface area contributed by atoms with Crippen molar-refractivity contribution >= 4 is 28.9 Å². The van der Waals surface area contributed by atoms with Crippen LogP contribution >= 0.6 is 0 Å². The number of ether oxygens (including phenoxy) is 1. The molecule has 0 heterocycles. The molecular weight excluding hydrogens is 354 g/mol. The van der Waals surface area contributed by atoms with Crippen molar-refractivity contribution < 1.29 is 14.3 Å². The predicted octanol–water partition coefficient (Wildman–Crippen LogP) is 3.84. The van der Waals surface area contributed by atoms with Crippen molar-refractivity contribution in [3.05, 3.63) is 48.0 Å². The number of benzene rings is 2. The summed E-state index contributed by atoms with van der Waals surface area (Å²) < 4.78 is 5.30.